The molecule has 0 radical (unpaired) electrons. The van der Waals surface area contributed by atoms with Gasteiger partial charge in [0.2, 0.25) is 11.4 Å². The van der Waals surface area contributed by atoms with Crippen molar-refractivity contribution in [2.75, 3.05) is 0 Å². The second kappa shape index (κ2) is 7.21. The van der Waals surface area contributed by atoms with Gasteiger partial charge in [0.25, 0.3) is 22.8 Å². The van der Waals surface area contributed by atoms with Crippen molar-refractivity contribution in [3.8, 4) is 0 Å². The lowest BCUT2D eigenvalue weighted by atomic mass is 9.89. The first-order chi connectivity index (χ1) is 16.6. The Hall–Kier alpha value is -3.07. The first-order valence-electron chi connectivity index (χ1n) is 13.2. The summed E-state index contributed by atoms with van der Waals surface area (Å²) in [5.41, 5.74) is 14.4. The lowest BCUT2D eigenvalue weighted by Gasteiger charge is -2.21. The number of benzene rings is 2. The first-order valence-corrected chi connectivity index (χ1v) is 13.2. The third-order valence-corrected chi connectivity index (χ3v) is 8.90. The molecule has 34 heavy (non-hydrogen) atoms. The SMILES string of the molecule is CC1=[N+](c2cccc3c2CCCC3)C2(C)[N+](c3cccc4c3CCCC4)=C(C)c3cccc1[n+]32. The minimum atomic E-state index is -0.334. The molecule has 2 aliphatic heterocycles. The summed E-state index contributed by atoms with van der Waals surface area (Å²) in [4.78, 5) is 0. The fourth-order valence-electron chi connectivity index (χ4n) is 7.45. The molecule has 0 unspecified atom stereocenters. The highest BCUT2D eigenvalue weighted by Gasteiger charge is 2.72. The molecule has 0 atom stereocenters. The Morgan fingerprint density at radius 1 is 0.588 bits per heavy atom. The Bertz CT molecular complexity index is 1340. The Labute approximate surface area is 202 Å². The highest BCUT2D eigenvalue weighted by Crippen LogP contribution is 2.42. The fraction of sp³-hybridized carbons (Fsp3) is 0.387. The summed E-state index contributed by atoms with van der Waals surface area (Å²) in [6, 6.07) is 20.9. The normalized spacial score (nSPS) is 19.9. The number of pyridine rings is 1. The number of aromatic nitrogens is 1. The van der Waals surface area contributed by atoms with Crippen molar-refractivity contribution in [3.63, 3.8) is 0 Å². The van der Waals surface area contributed by atoms with Crippen LogP contribution in [0.3, 0.4) is 0 Å². The summed E-state index contributed by atoms with van der Waals surface area (Å²) < 4.78 is 7.92. The maximum absolute atomic E-state index is 2.66. The molecular formula is C31H34N3+3. The fourth-order valence-corrected chi connectivity index (χ4v) is 7.45. The summed E-state index contributed by atoms with van der Waals surface area (Å²) in [7, 11) is 0. The number of fused-ring (bicyclic) bond motifs is 2. The van der Waals surface area contributed by atoms with Crippen LogP contribution >= 0.6 is 0 Å². The average molecular weight is 449 g/mol. The van der Waals surface area contributed by atoms with Crippen molar-refractivity contribution in [3.05, 3.63) is 88.2 Å². The Morgan fingerprint density at radius 2 is 1.03 bits per heavy atom. The largest absolute Gasteiger partial charge is 0.560 e. The van der Waals surface area contributed by atoms with Crippen LogP contribution in [0.1, 0.15) is 80.1 Å². The van der Waals surface area contributed by atoms with Crippen molar-refractivity contribution in [2.45, 2.75) is 77.9 Å². The third-order valence-electron chi connectivity index (χ3n) is 8.90. The maximum atomic E-state index is 2.66. The third kappa shape index (κ3) is 2.50. The summed E-state index contributed by atoms with van der Waals surface area (Å²) in [6.45, 7) is 7.09. The molecule has 3 heteroatoms. The van der Waals surface area contributed by atoms with Crippen molar-refractivity contribution >= 4 is 22.8 Å². The molecule has 3 aromatic rings. The van der Waals surface area contributed by atoms with E-state index in [2.05, 4.69) is 89.1 Å². The van der Waals surface area contributed by atoms with E-state index in [-0.39, 0.29) is 5.79 Å². The van der Waals surface area contributed by atoms with Crippen molar-refractivity contribution < 1.29 is 13.7 Å². The maximum Gasteiger partial charge on any atom is 0.560 e. The molecule has 7 rings (SSSR count). The molecule has 170 valence electrons. The van der Waals surface area contributed by atoms with Crippen LogP contribution in [-0.2, 0) is 31.5 Å². The van der Waals surface area contributed by atoms with E-state index in [0.717, 1.165) is 0 Å². The monoisotopic (exact) mass is 448 g/mol. The summed E-state index contributed by atoms with van der Waals surface area (Å²) in [6.07, 6.45) is 9.99. The molecule has 3 heterocycles. The van der Waals surface area contributed by atoms with Crippen molar-refractivity contribution in [2.24, 2.45) is 0 Å². The van der Waals surface area contributed by atoms with E-state index in [0.29, 0.717) is 0 Å². The number of hydrogen-bond donors (Lipinski definition) is 0. The molecule has 0 saturated carbocycles. The standard InChI is InChI=1S/C31H34N3/c1-21-27-17-10-18-28-22(2)33(30-20-9-14-24-12-5-7-16-26(24)30)31(3,34(27)28)32(21)29-19-8-13-23-11-4-6-15-25(23)29/h8-10,13-14,17-20H,4-7,11-12,15-16H2,1-3H3/q+3. The van der Waals surface area contributed by atoms with Gasteiger partial charge in [0.1, 0.15) is 6.92 Å². The second-order valence-electron chi connectivity index (χ2n) is 10.7. The number of aryl methyl sites for hydroxylation is 2. The van der Waals surface area contributed by atoms with E-state index < -0.39 is 0 Å². The topological polar surface area (TPSA) is 9.90 Å². The van der Waals surface area contributed by atoms with Gasteiger partial charge in [-0.2, -0.15) is 0 Å². The first kappa shape index (κ1) is 20.3. The van der Waals surface area contributed by atoms with E-state index in [1.54, 1.807) is 22.3 Å². The average Bonchev–Trinajstić information content (AvgIpc) is 3.24. The molecule has 0 bridgehead atoms. The van der Waals surface area contributed by atoms with Crippen LogP contribution in [0.2, 0.25) is 0 Å². The molecule has 0 N–H and O–H groups in total. The van der Waals surface area contributed by atoms with Gasteiger partial charge in [-0.15, -0.1) is 0 Å². The zero-order chi connectivity index (χ0) is 23.0. The van der Waals surface area contributed by atoms with Crippen LogP contribution in [0.25, 0.3) is 0 Å². The predicted octanol–water partition coefficient (Wildman–Crippen LogP) is 5.70. The molecule has 2 aromatic carbocycles. The van der Waals surface area contributed by atoms with Gasteiger partial charge in [-0.3, -0.25) is 0 Å². The zero-order valence-electron chi connectivity index (χ0n) is 20.7. The van der Waals surface area contributed by atoms with Crippen molar-refractivity contribution in [1.29, 1.82) is 0 Å². The van der Waals surface area contributed by atoms with E-state index in [4.69, 9.17) is 0 Å². The number of rotatable bonds is 2. The van der Waals surface area contributed by atoms with Gasteiger partial charge in [-0.05, 0) is 68.6 Å². The van der Waals surface area contributed by atoms with Gasteiger partial charge in [-0.25, -0.2) is 0 Å². The molecule has 3 nitrogen and oxygen atoms in total. The molecular weight excluding hydrogens is 414 g/mol. The number of nitrogens with zero attached hydrogens (tertiary/aromatic N) is 3. The van der Waals surface area contributed by atoms with Gasteiger partial charge >= 0.3 is 5.79 Å². The van der Waals surface area contributed by atoms with Crippen LogP contribution in [-0.4, -0.2) is 20.6 Å². The van der Waals surface area contributed by atoms with E-state index in [1.165, 1.54) is 85.6 Å². The molecule has 4 aliphatic rings. The highest BCUT2D eigenvalue weighted by molar-refractivity contribution is 5.97. The lowest BCUT2D eigenvalue weighted by molar-refractivity contribution is -1.02. The van der Waals surface area contributed by atoms with Gasteiger partial charge < -0.3 is 0 Å². The van der Waals surface area contributed by atoms with Gasteiger partial charge in [0, 0.05) is 49.2 Å². The van der Waals surface area contributed by atoms with E-state index in [9.17, 15) is 0 Å². The summed E-state index contributed by atoms with van der Waals surface area (Å²) in [5.74, 6) is -0.334. The summed E-state index contributed by atoms with van der Waals surface area (Å²) >= 11 is 0. The van der Waals surface area contributed by atoms with Crippen LogP contribution in [0.4, 0.5) is 11.4 Å². The molecule has 0 amide bonds. The van der Waals surface area contributed by atoms with Crippen LogP contribution in [0.5, 0.6) is 0 Å². The van der Waals surface area contributed by atoms with Gasteiger partial charge in [0.15, 0.2) is 0 Å². The molecule has 1 aromatic heterocycles. The van der Waals surface area contributed by atoms with Crippen LogP contribution in [0, 0.1) is 0 Å². The highest BCUT2D eigenvalue weighted by atomic mass is 15.5. The summed E-state index contributed by atoms with van der Waals surface area (Å²) in [5, 5.41) is 0. The van der Waals surface area contributed by atoms with E-state index >= 15 is 0 Å². The smallest absolute Gasteiger partial charge is 0.0631 e. The van der Waals surface area contributed by atoms with Crippen molar-refractivity contribution in [1.82, 2.24) is 0 Å². The van der Waals surface area contributed by atoms with E-state index in [1.807, 2.05) is 0 Å². The second-order valence-corrected chi connectivity index (χ2v) is 10.7. The predicted molar refractivity (Wildman–Crippen MR) is 136 cm³/mol. The van der Waals surface area contributed by atoms with Gasteiger partial charge in [-0.1, -0.05) is 38.0 Å². The molecule has 0 spiro atoms. The van der Waals surface area contributed by atoms with Gasteiger partial charge in [0.05, 0.1) is 0 Å². The number of hydrogen-bond acceptors (Lipinski definition) is 0. The Morgan fingerprint density at radius 3 is 1.53 bits per heavy atom. The molecule has 0 fully saturated rings. The van der Waals surface area contributed by atoms with Crippen LogP contribution < -0.4 is 4.57 Å². The zero-order valence-corrected chi connectivity index (χ0v) is 20.7. The van der Waals surface area contributed by atoms with Crippen LogP contribution in [0.15, 0.2) is 54.6 Å². The minimum absolute atomic E-state index is 0.334. The molecule has 0 saturated heterocycles. The minimum Gasteiger partial charge on any atom is -0.0631 e. The molecule has 2 aliphatic carbocycles. The quantitative estimate of drug-likeness (QED) is 0.446. The Balaban J connectivity index is 1.54. The Kier molecular flexibility index (Phi) is 4.31. The lowest BCUT2D eigenvalue weighted by Crippen LogP contribution is -2.60.